The van der Waals surface area contributed by atoms with E-state index in [1.165, 1.54) is 6.07 Å². The maximum atomic E-state index is 14.0. The molecule has 1 fully saturated rings. The third kappa shape index (κ3) is 8.24. The third-order valence-electron chi connectivity index (χ3n) is 7.09. The van der Waals surface area contributed by atoms with Gasteiger partial charge >= 0.3 is 0 Å². The fourth-order valence-electron chi connectivity index (χ4n) is 4.95. The summed E-state index contributed by atoms with van der Waals surface area (Å²) < 4.78 is 27.6. The number of rotatable bonds is 10. The lowest BCUT2D eigenvalue weighted by atomic mass is 9.89. The molecule has 1 aliphatic rings. The number of nitrogens with one attached hydrogen (secondary N) is 5. The Morgan fingerprint density at radius 2 is 1.72 bits per heavy atom. The molecule has 1 aliphatic heterocycles. The number of benzene rings is 2. The number of ketones is 1. The summed E-state index contributed by atoms with van der Waals surface area (Å²) in [7, 11) is 0. The van der Waals surface area contributed by atoms with E-state index in [-0.39, 0.29) is 30.0 Å². The maximum Gasteiger partial charge on any atom is 0.290 e. The topological polar surface area (TPSA) is 149 Å². The molecule has 1 saturated heterocycles. The molecule has 2 aromatic carbocycles. The Morgan fingerprint density at radius 1 is 0.977 bits per heavy atom. The number of H-pyrrole nitrogens is 1. The van der Waals surface area contributed by atoms with Gasteiger partial charge in [0.05, 0.1) is 6.04 Å². The Hall–Kier alpha value is -4.61. The highest BCUT2D eigenvalue weighted by Crippen LogP contribution is 2.20. The molecule has 0 radical (unpaired) electrons. The van der Waals surface area contributed by atoms with E-state index < -0.39 is 58.7 Å². The van der Waals surface area contributed by atoms with E-state index >= 15 is 0 Å². The molecular weight excluding hydrogens is 560 g/mol. The number of carbonyl (C=O) groups excluding carboxylic acids is 5. The molecule has 3 atom stereocenters. The van der Waals surface area contributed by atoms with Crippen molar-refractivity contribution >= 4 is 40.3 Å². The number of para-hydroxylation sites is 1. The van der Waals surface area contributed by atoms with Crippen molar-refractivity contribution < 1.29 is 32.8 Å². The van der Waals surface area contributed by atoms with E-state index in [1.807, 2.05) is 0 Å². The van der Waals surface area contributed by atoms with Gasteiger partial charge in [0, 0.05) is 35.3 Å². The Morgan fingerprint density at radius 3 is 2.40 bits per heavy atom. The first-order valence-corrected chi connectivity index (χ1v) is 14.1. The summed E-state index contributed by atoms with van der Waals surface area (Å²) in [6, 6.07) is 9.12. The van der Waals surface area contributed by atoms with Crippen LogP contribution in [0.4, 0.5) is 8.78 Å². The number of hydrogen-bond donors (Lipinski definition) is 5. The van der Waals surface area contributed by atoms with Gasteiger partial charge in [-0.15, -0.1) is 0 Å². The smallest absolute Gasteiger partial charge is 0.290 e. The molecule has 43 heavy (non-hydrogen) atoms. The van der Waals surface area contributed by atoms with E-state index in [1.54, 1.807) is 51.1 Å². The first-order valence-electron chi connectivity index (χ1n) is 14.1. The van der Waals surface area contributed by atoms with Crippen LogP contribution in [0.15, 0.2) is 48.5 Å². The van der Waals surface area contributed by atoms with Gasteiger partial charge < -0.3 is 26.3 Å². The van der Waals surface area contributed by atoms with Gasteiger partial charge in [0.25, 0.3) is 11.8 Å². The molecule has 228 valence electrons. The molecule has 1 aromatic heterocycles. The summed E-state index contributed by atoms with van der Waals surface area (Å²) in [4.78, 5) is 68.5. The van der Waals surface area contributed by atoms with E-state index in [2.05, 4.69) is 26.3 Å². The molecule has 5 N–H and O–H groups in total. The average Bonchev–Trinajstić information content (AvgIpc) is 3.39. The van der Waals surface area contributed by atoms with Crippen LogP contribution in [0.5, 0.6) is 0 Å². The van der Waals surface area contributed by atoms with Crippen molar-refractivity contribution in [3.63, 3.8) is 0 Å². The number of aromatic amines is 1. The number of carbonyl (C=O) groups is 5. The molecule has 4 rings (SSSR count). The normalized spacial score (nSPS) is 16.6. The van der Waals surface area contributed by atoms with Gasteiger partial charge in [-0.05, 0) is 69.9 Å². The molecule has 0 bridgehead atoms. The van der Waals surface area contributed by atoms with Gasteiger partial charge in [-0.1, -0.05) is 24.3 Å². The highest BCUT2D eigenvalue weighted by atomic mass is 19.2. The maximum absolute atomic E-state index is 14.0. The van der Waals surface area contributed by atoms with Crippen molar-refractivity contribution in [1.29, 1.82) is 0 Å². The number of piperidine rings is 1. The van der Waals surface area contributed by atoms with Gasteiger partial charge in [-0.3, -0.25) is 24.0 Å². The molecule has 12 heteroatoms. The molecule has 4 amide bonds. The van der Waals surface area contributed by atoms with Crippen molar-refractivity contribution in [2.24, 2.45) is 5.92 Å². The van der Waals surface area contributed by atoms with Crippen LogP contribution in [0.25, 0.3) is 10.9 Å². The second-order valence-corrected chi connectivity index (χ2v) is 11.7. The van der Waals surface area contributed by atoms with Crippen LogP contribution < -0.4 is 21.3 Å². The second-order valence-electron chi connectivity index (χ2n) is 11.7. The minimum absolute atomic E-state index is 0.137. The van der Waals surface area contributed by atoms with E-state index in [0.29, 0.717) is 24.9 Å². The molecule has 0 unspecified atom stereocenters. The summed E-state index contributed by atoms with van der Waals surface area (Å²) in [6.45, 7) is 5.56. The quantitative estimate of drug-likeness (QED) is 0.229. The minimum atomic E-state index is -1.39. The Balaban J connectivity index is 1.61. The van der Waals surface area contributed by atoms with Gasteiger partial charge in [-0.25, -0.2) is 8.78 Å². The predicted octanol–water partition coefficient (Wildman–Crippen LogP) is 2.67. The van der Waals surface area contributed by atoms with Crippen molar-refractivity contribution in [1.82, 2.24) is 26.3 Å². The number of Topliss-reactive ketones (excluding diaryl/α,β-unsaturated/α-hetero) is 1. The van der Waals surface area contributed by atoms with E-state index in [0.717, 1.165) is 17.5 Å². The number of fused-ring (bicyclic) bond motifs is 1. The first-order chi connectivity index (χ1) is 20.3. The number of halogens is 2. The monoisotopic (exact) mass is 595 g/mol. The Labute approximate surface area is 247 Å². The van der Waals surface area contributed by atoms with Gasteiger partial charge in [0.1, 0.15) is 11.7 Å². The fraction of sp³-hybridized carbons (Fsp3) is 0.387. The SMILES string of the molecule is CC(C)(C)NC(=O)C(=O)[C@H](C[C@@H]1CCCNC1=O)NC(=O)[C@H](Cc1ccc(F)c(F)c1)NC(=O)c1cc2ccccc2[nH]1. The molecule has 3 aromatic rings. The van der Waals surface area contributed by atoms with Crippen molar-refractivity contribution in [2.75, 3.05) is 6.54 Å². The number of aromatic nitrogens is 1. The average molecular weight is 596 g/mol. The lowest BCUT2D eigenvalue weighted by Gasteiger charge is -2.28. The molecular formula is C31H35F2N5O5. The third-order valence-corrected chi connectivity index (χ3v) is 7.09. The Kier molecular flexibility index (Phi) is 9.57. The molecule has 0 spiro atoms. The number of hydrogen-bond acceptors (Lipinski definition) is 5. The zero-order valence-corrected chi connectivity index (χ0v) is 24.2. The summed E-state index contributed by atoms with van der Waals surface area (Å²) in [5, 5.41) is 11.2. The summed E-state index contributed by atoms with van der Waals surface area (Å²) in [6.07, 6.45) is 0.733. The van der Waals surface area contributed by atoms with Crippen molar-refractivity contribution in [3.8, 4) is 0 Å². The highest BCUT2D eigenvalue weighted by Gasteiger charge is 2.36. The molecule has 0 saturated carbocycles. The standard InChI is InChI=1S/C31H35F2N5O5/c1-31(2,3)38-30(43)26(39)23(16-19-8-6-12-34-27(19)40)36-28(41)24(14-17-10-11-20(32)21(33)13-17)37-29(42)25-15-18-7-4-5-9-22(18)35-25/h4-5,7,9-11,13,15,19,23-24,35H,6,8,12,14,16H2,1-3H3,(H,34,40)(H,36,41)(H,37,42)(H,38,43)/t19-,23-,24-/m0/s1. The second kappa shape index (κ2) is 13.1. The van der Waals surface area contributed by atoms with Crippen LogP contribution in [0.2, 0.25) is 0 Å². The summed E-state index contributed by atoms with van der Waals surface area (Å²) in [5.74, 6) is -6.51. The predicted molar refractivity (Wildman–Crippen MR) is 155 cm³/mol. The lowest BCUT2D eigenvalue weighted by molar-refractivity contribution is -0.142. The van der Waals surface area contributed by atoms with Crippen LogP contribution in [0.1, 0.15) is 56.1 Å². The molecule has 10 nitrogen and oxygen atoms in total. The van der Waals surface area contributed by atoms with Crippen LogP contribution in [-0.4, -0.2) is 58.6 Å². The summed E-state index contributed by atoms with van der Waals surface area (Å²) in [5.41, 5.74) is 0.304. The summed E-state index contributed by atoms with van der Waals surface area (Å²) >= 11 is 0. The molecule has 2 heterocycles. The largest absolute Gasteiger partial charge is 0.356 e. The van der Waals surface area contributed by atoms with Gasteiger partial charge in [0.2, 0.25) is 17.6 Å². The van der Waals surface area contributed by atoms with Crippen LogP contribution in [-0.2, 0) is 25.6 Å². The van der Waals surface area contributed by atoms with Crippen LogP contribution in [0, 0.1) is 17.6 Å². The zero-order chi connectivity index (χ0) is 31.3. The first kappa shape index (κ1) is 31.3. The van der Waals surface area contributed by atoms with Gasteiger partial charge in [0.15, 0.2) is 11.6 Å². The van der Waals surface area contributed by atoms with Gasteiger partial charge in [-0.2, -0.15) is 0 Å². The number of amides is 4. The fourth-order valence-corrected chi connectivity index (χ4v) is 4.95. The van der Waals surface area contributed by atoms with Crippen LogP contribution >= 0.6 is 0 Å². The highest BCUT2D eigenvalue weighted by molar-refractivity contribution is 6.38. The Bertz CT molecular complexity index is 1510. The zero-order valence-electron chi connectivity index (χ0n) is 24.2. The lowest BCUT2D eigenvalue weighted by Crippen LogP contribution is -2.57. The van der Waals surface area contributed by atoms with Crippen LogP contribution in [0.3, 0.4) is 0 Å². The van der Waals surface area contributed by atoms with Crippen molar-refractivity contribution in [3.05, 3.63) is 71.4 Å². The van der Waals surface area contributed by atoms with E-state index in [4.69, 9.17) is 0 Å². The van der Waals surface area contributed by atoms with E-state index in [9.17, 15) is 32.8 Å². The van der Waals surface area contributed by atoms with Crippen molar-refractivity contribution in [2.45, 2.75) is 64.1 Å². The molecule has 0 aliphatic carbocycles. The minimum Gasteiger partial charge on any atom is -0.356 e.